The molecule has 0 aliphatic rings. The number of aliphatic hydroxyl groups excluding tert-OH is 1. The average Bonchev–Trinajstić information content (AvgIpc) is 2.50. The van der Waals surface area contributed by atoms with Crippen molar-refractivity contribution in [3.63, 3.8) is 0 Å². The fraction of sp³-hybridized carbons (Fsp3) is 0.833. The Hall–Kier alpha value is -0.830. The molecule has 3 heteroatoms. The van der Waals surface area contributed by atoms with Crippen molar-refractivity contribution < 1.29 is 9.90 Å². The third-order valence-corrected chi connectivity index (χ3v) is 3.74. The van der Waals surface area contributed by atoms with E-state index in [1.165, 1.54) is 44.9 Å². The van der Waals surface area contributed by atoms with Crippen LogP contribution in [0.5, 0.6) is 0 Å². The van der Waals surface area contributed by atoms with Gasteiger partial charge in [0.15, 0.2) is 0 Å². The van der Waals surface area contributed by atoms with Crippen LogP contribution in [0, 0.1) is 0 Å². The molecule has 0 heterocycles. The molecule has 0 fully saturated rings. The number of hydrogen-bond acceptors (Lipinski definition) is 2. The number of allylic oxidation sites excluding steroid dienone is 2. The normalized spacial score (nSPS) is 12.7. The largest absolute Gasteiger partial charge is 0.394 e. The van der Waals surface area contributed by atoms with Crippen LogP contribution in [0.3, 0.4) is 0 Å². The molecule has 2 N–H and O–H groups in total. The Kier molecular flexibility index (Phi) is 14.9. The lowest BCUT2D eigenvalue weighted by Crippen LogP contribution is -2.36. The van der Waals surface area contributed by atoms with Crippen LogP contribution in [0.1, 0.15) is 84.5 Å². The van der Waals surface area contributed by atoms with E-state index in [0.29, 0.717) is 6.42 Å². The molecule has 0 aromatic carbocycles. The van der Waals surface area contributed by atoms with Crippen LogP contribution in [0.4, 0.5) is 0 Å². The zero-order valence-corrected chi connectivity index (χ0v) is 14.1. The summed E-state index contributed by atoms with van der Waals surface area (Å²) in [6, 6.07) is -0.0722. The monoisotopic (exact) mass is 297 g/mol. The minimum atomic E-state index is -0.0722. The summed E-state index contributed by atoms with van der Waals surface area (Å²) in [7, 11) is 0. The van der Waals surface area contributed by atoms with Gasteiger partial charge in [-0.2, -0.15) is 0 Å². The zero-order chi connectivity index (χ0) is 15.8. The number of aliphatic hydroxyl groups is 1. The third-order valence-electron chi connectivity index (χ3n) is 3.74. The number of carbonyl (C=O) groups excluding carboxylic acids is 1. The van der Waals surface area contributed by atoms with Gasteiger partial charge in [0, 0.05) is 6.42 Å². The van der Waals surface area contributed by atoms with Gasteiger partial charge in [-0.05, 0) is 32.1 Å². The van der Waals surface area contributed by atoms with Crippen LogP contribution in [-0.2, 0) is 4.79 Å². The van der Waals surface area contributed by atoms with Gasteiger partial charge in [-0.25, -0.2) is 0 Å². The molecule has 3 nitrogen and oxygen atoms in total. The van der Waals surface area contributed by atoms with E-state index in [-0.39, 0.29) is 18.6 Å². The molecule has 1 atom stereocenters. The topological polar surface area (TPSA) is 49.3 Å². The fourth-order valence-electron chi connectivity index (χ4n) is 2.21. The highest BCUT2D eigenvalue weighted by Crippen LogP contribution is 2.08. The quantitative estimate of drug-likeness (QED) is 0.370. The van der Waals surface area contributed by atoms with Crippen LogP contribution < -0.4 is 5.32 Å². The van der Waals surface area contributed by atoms with Gasteiger partial charge >= 0.3 is 0 Å². The Bertz CT molecular complexity index is 260. The van der Waals surface area contributed by atoms with Crippen molar-refractivity contribution in [3.8, 4) is 0 Å². The van der Waals surface area contributed by atoms with Crippen molar-refractivity contribution in [2.24, 2.45) is 0 Å². The number of carbonyl (C=O) groups is 1. The van der Waals surface area contributed by atoms with Crippen LogP contribution in [0.15, 0.2) is 12.2 Å². The Labute approximate surface area is 131 Å². The number of hydrogen-bond donors (Lipinski definition) is 2. The molecular weight excluding hydrogens is 262 g/mol. The molecule has 1 amide bonds. The summed E-state index contributed by atoms with van der Waals surface area (Å²) in [5.74, 6) is 0.0785. The highest BCUT2D eigenvalue weighted by molar-refractivity contribution is 5.76. The molecule has 0 radical (unpaired) electrons. The summed E-state index contributed by atoms with van der Waals surface area (Å²) in [6.07, 6.45) is 16.8. The Morgan fingerprint density at radius 1 is 1.00 bits per heavy atom. The molecular formula is C18H35NO2. The molecule has 0 aromatic rings. The average molecular weight is 297 g/mol. The fourth-order valence-corrected chi connectivity index (χ4v) is 2.21. The second kappa shape index (κ2) is 15.6. The van der Waals surface area contributed by atoms with Gasteiger partial charge in [0.05, 0.1) is 12.6 Å². The predicted molar refractivity (Wildman–Crippen MR) is 90.3 cm³/mol. The first-order valence-corrected chi connectivity index (χ1v) is 8.79. The van der Waals surface area contributed by atoms with Crippen molar-refractivity contribution in [1.82, 2.24) is 5.32 Å². The molecule has 0 aromatic heterocycles. The van der Waals surface area contributed by atoms with E-state index in [1.54, 1.807) is 0 Å². The molecule has 0 bridgehead atoms. The van der Waals surface area contributed by atoms with Gasteiger partial charge in [-0.15, -0.1) is 0 Å². The maximum absolute atomic E-state index is 11.6. The van der Waals surface area contributed by atoms with Gasteiger partial charge in [0.25, 0.3) is 0 Å². The minimum Gasteiger partial charge on any atom is -0.394 e. The van der Waals surface area contributed by atoms with Gasteiger partial charge in [-0.1, -0.05) is 58.1 Å². The van der Waals surface area contributed by atoms with E-state index in [1.807, 2.05) is 6.92 Å². The highest BCUT2D eigenvalue weighted by atomic mass is 16.3. The molecule has 0 saturated carbocycles. The number of amides is 1. The maximum Gasteiger partial charge on any atom is 0.220 e. The molecule has 1 unspecified atom stereocenters. The summed E-state index contributed by atoms with van der Waals surface area (Å²) in [5, 5.41) is 11.9. The standard InChI is InChI=1S/C18H35NO2/c1-3-5-6-7-8-9-10-11-12-13-14-15-18(21)19-17(4-2)16-20/h7-8,17,20H,3-6,9-16H2,1-2H3,(H,19,21)/b8-7+. The molecule has 0 saturated heterocycles. The summed E-state index contributed by atoms with van der Waals surface area (Å²) in [5.41, 5.74) is 0. The first kappa shape index (κ1) is 20.2. The van der Waals surface area contributed by atoms with Crippen LogP contribution in [0.2, 0.25) is 0 Å². The maximum atomic E-state index is 11.6. The summed E-state index contributed by atoms with van der Waals surface area (Å²) < 4.78 is 0. The number of nitrogens with one attached hydrogen (secondary N) is 1. The van der Waals surface area contributed by atoms with Crippen molar-refractivity contribution in [1.29, 1.82) is 0 Å². The van der Waals surface area contributed by atoms with Gasteiger partial charge < -0.3 is 10.4 Å². The van der Waals surface area contributed by atoms with Gasteiger partial charge in [0.1, 0.15) is 0 Å². The van der Waals surface area contributed by atoms with Crippen LogP contribution in [-0.4, -0.2) is 23.7 Å². The van der Waals surface area contributed by atoms with E-state index in [9.17, 15) is 4.79 Å². The van der Waals surface area contributed by atoms with Gasteiger partial charge in [-0.3, -0.25) is 4.79 Å². The molecule has 0 spiro atoms. The molecule has 0 aliphatic carbocycles. The second-order valence-corrected chi connectivity index (χ2v) is 5.78. The summed E-state index contributed by atoms with van der Waals surface area (Å²) in [4.78, 5) is 11.6. The molecule has 21 heavy (non-hydrogen) atoms. The van der Waals surface area contributed by atoms with Crippen molar-refractivity contribution in [2.75, 3.05) is 6.61 Å². The Morgan fingerprint density at radius 3 is 2.24 bits per heavy atom. The lowest BCUT2D eigenvalue weighted by atomic mass is 10.1. The van der Waals surface area contributed by atoms with E-state index >= 15 is 0 Å². The van der Waals surface area contributed by atoms with Crippen molar-refractivity contribution in [2.45, 2.75) is 90.5 Å². The lowest BCUT2D eigenvalue weighted by Gasteiger charge is -2.13. The van der Waals surface area contributed by atoms with E-state index < -0.39 is 0 Å². The molecule has 0 rings (SSSR count). The molecule has 124 valence electrons. The first-order valence-electron chi connectivity index (χ1n) is 8.79. The van der Waals surface area contributed by atoms with Crippen molar-refractivity contribution >= 4 is 5.91 Å². The van der Waals surface area contributed by atoms with Crippen LogP contribution >= 0.6 is 0 Å². The Balaban J connectivity index is 3.32. The first-order chi connectivity index (χ1) is 10.2. The number of rotatable bonds is 14. The zero-order valence-electron chi connectivity index (χ0n) is 14.1. The van der Waals surface area contributed by atoms with Gasteiger partial charge in [0.2, 0.25) is 5.91 Å². The van der Waals surface area contributed by atoms with E-state index in [2.05, 4.69) is 24.4 Å². The van der Waals surface area contributed by atoms with Crippen molar-refractivity contribution in [3.05, 3.63) is 12.2 Å². The Morgan fingerprint density at radius 2 is 1.62 bits per heavy atom. The summed E-state index contributed by atoms with van der Waals surface area (Å²) >= 11 is 0. The third kappa shape index (κ3) is 13.9. The van der Waals surface area contributed by atoms with E-state index in [0.717, 1.165) is 19.3 Å². The highest BCUT2D eigenvalue weighted by Gasteiger charge is 2.08. The number of unbranched alkanes of at least 4 members (excludes halogenated alkanes) is 7. The molecule has 0 aliphatic heterocycles. The predicted octanol–water partition coefficient (Wildman–Crippen LogP) is 4.35. The SMILES string of the molecule is CCCC/C=C/CCCCCCCC(=O)NC(CC)CO. The van der Waals surface area contributed by atoms with Crippen LogP contribution in [0.25, 0.3) is 0 Å². The minimum absolute atomic E-state index is 0.0357. The lowest BCUT2D eigenvalue weighted by molar-refractivity contribution is -0.122. The second-order valence-electron chi connectivity index (χ2n) is 5.78. The smallest absolute Gasteiger partial charge is 0.220 e. The van der Waals surface area contributed by atoms with E-state index in [4.69, 9.17) is 5.11 Å². The summed E-state index contributed by atoms with van der Waals surface area (Å²) in [6.45, 7) is 4.23.